The highest BCUT2D eigenvalue weighted by Gasteiger charge is 2.29. The van der Waals surface area contributed by atoms with Gasteiger partial charge in [0.25, 0.3) is 0 Å². The van der Waals surface area contributed by atoms with Gasteiger partial charge < -0.3 is 5.32 Å². The molecule has 0 aromatic heterocycles. The van der Waals surface area contributed by atoms with Gasteiger partial charge in [0.15, 0.2) is 5.78 Å². The number of ketones is 2. The highest BCUT2D eigenvalue weighted by molar-refractivity contribution is 6.30. The molecule has 0 saturated carbocycles. The molecule has 1 aromatic rings. The molecular formula is C15H18ClNO3. The van der Waals surface area contributed by atoms with Crippen molar-refractivity contribution in [3.63, 3.8) is 0 Å². The van der Waals surface area contributed by atoms with Crippen LogP contribution in [0.4, 0.5) is 0 Å². The SMILES string of the molecule is CC(=O)CC(=O)NCC(=O)C(C)(C)c1ccc(Cl)cc1. The summed E-state index contributed by atoms with van der Waals surface area (Å²) in [6, 6.07) is 7.02. The highest BCUT2D eigenvalue weighted by atomic mass is 35.5. The van der Waals surface area contributed by atoms with Crippen molar-refractivity contribution in [3.8, 4) is 0 Å². The van der Waals surface area contributed by atoms with E-state index in [0.717, 1.165) is 5.56 Å². The molecule has 0 radical (unpaired) electrons. The average molecular weight is 296 g/mol. The molecule has 4 nitrogen and oxygen atoms in total. The first-order chi connectivity index (χ1) is 9.23. The van der Waals surface area contributed by atoms with Gasteiger partial charge in [0.2, 0.25) is 5.91 Å². The first kappa shape index (κ1) is 16.4. The Balaban J connectivity index is 2.68. The molecular weight excluding hydrogens is 278 g/mol. The summed E-state index contributed by atoms with van der Waals surface area (Å²) in [5, 5.41) is 3.07. The van der Waals surface area contributed by atoms with Gasteiger partial charge in [0, 0.05) is 5.02 Å². The Morgan fingerprint density at radius 3 is 2.20 bits per heavy atom. The number of hydrogen-bond acceptors (Lipinski definition) is 3. The zero-order chi connectivity index (χ0) is 15.3. The standard InChI is InChI=1S/C15H18ClNO3/c1-10(18)8-14(20)17-9-13(19)15(2,3)11-4-6-12(16)7-5-11/h4-7H,8-9H2,1-3H3,(H,17,20). The minimum Gasteiger partial charge on any atom is -0.349 e. The van der Waals surface area contributed by atoms with Crippen LogP contribution < -0.4 is 5.32 Å². The molecule has 0 aliphatic carbocycles. The molecule has 0 fully saturated rings. The minimum atomic E-state index is -0.728. The van der Waals surface area contributed by atoms with Crippen molar-refractivity contribution in [3.05, 3.63) is 34.9 Å². The Labute approximate surface area is 123 Å². The largest absolute Gasteiger partial charge is 0.349 e. The van der Waals surface area contributed by atoms with Gasteiger partial charge in [-0.15, -0.1) is 0 Å². The lowest BCUT2D eigenvalue weighted by molar-refractivity contribution is -0.130. The molecule has 1 N–H and O–H groups in total. The van der Waals surface area contributed by atoms with Crippen LogP contribution in [0.15, 0.2) is 24.3 Å². The van der Waals surface area contributed by atoms with E-state index in [0.29, 0.717) is 5.02 Å². The predicted molar refractivity (Wildman–Crippen MR) is 77.8 cm³/mol. The zero-order valence-electron chi connectivity index (χ0n) is 11.8. The van der Waals surface area contributed by atoms with Crippen LogP contribution in [-0.2, 0) is 19.8 Å². The molecule has 1 aromatic carbocycles. The van der Waals surface area contributed by atoms with Crippen molar-refractivity contribution >= 4 is 29.1 Å². The molecule has 0 aliphatic rings. The van der Waals surface area contributed by atoms with Gasteiger partial charge in [-0.2, -0.15) is 0 Å². The van der Waals surface area contributed by atoms with Crippen LogP contribution in [0.25, 0.3) is 0 Å². The van der Waals surface area contributed by atoms with Gasteiger partial charge >= 0.3 is 0 Å². The van der Waals surface area contributed by atoms with Crippen LogP contribution in [0.5, 0.6) is 0 Å². The van der Waals surface area contributed by atoms with Crippen LogP contribution in [-0.4, -0.2) is 24.0 Å². The van der Waals surface area contributed by atoms with Crippen molar-refractivity contribution in [2.75, 3.05) is 6.54 Å². The lowest BCUT2D eigenvalue weighted by atomic mass is 9.80. The summed E-state index contributed by atoms with van der Waals surface area (Å²) in [4.78, 5) is 34.4. The Bertz CT molecular complexity index is 520. The number of hydrogen-bond donors (Lipinski definition) is 1. The van der Waals surface area contributed by atoms with Gasteiger partial charge in [0.1, 0.15) is 5.78 Å². The van der Waals surface area contributed by atoms with Crippen LogP contribution in [0, 0.1) is 0 Å². The van der Waals surface area contributed by atoms with E-state index in [1.54, 1.807) is 38.1 Å². The first-order valence-corrected chi connectivity index (χ1v) is 6.66. The second-order valence-electron chi connectivity index (χ2n) is 5.21. The third-order valence-electron chi connectivity index (χ3n) is 3.12. The van der Waals surface area contributed by atoms with E-state index in [-0.39, 0.29) is 24.5 Å². The number of rotatable bonds is 6. The molecule has 108 valence electrons. The third-order valence-corrected chi connectivity index (χ3v) is 3.37. The van der Waals surface area contributed by atoms with Gasteiger partial charge in [-0.3, -0.25) is 14.4 Å². The van der Waals surface area contributed by atoms with Crippen molar-refractivity contribution in [1.82, 2.24) is 5.32 Å². The molecule has 0 spiro atoms. The monoisotopic (exact) mass is 295 g/mol. The zero-order valence-corrected chi connectivity index (χ0v) is 12.6. The minimum absolute atomic E-state index is 0.0955. The third kappa shape index (κ3) is 4.46. The summed E-state index contributed by atoms with van der Waals surface area (Å²) in [5.74, 6) is -0.790. The van der Waals surface area contributed by atoms with E-state index in [1.165, 1.54) is 6.92 Å². The van der Waals surface area contributed by atoms with Crippen molar-refractivity contribution in [2.24, 2.45) is 0 Å². The summed E-state index contributed by atoms with van der Waals surface area (Å²) >= 11 is 5.82. The molecule has 0 bridgehead atoms. The number of amides is 1. The molecule has 1 amide bonds. The topological polar surface area (TPSA) is 63.2 Å². The summed E-state index contributed by atoms with van der Waals surface area (Å²) in [6.07, 6.45) is -0.200. The summed E-state index contributed by atoms with van der Waals surface area (Å²) in [5.41, 5.74) is 0.0985. The predicted octanol–water partition coefficient (Wildman–Crippen LogP) is 2.28. The molecule has 20 heavy (non-hydrogen) atoms. The molecule has 0 heterocycles. The van der Waals surface area contributed by atoms with Crippen molar-refractivity contribution < 1.29 is 14.4 Å². The van der Waals surface area contributed by atoms with Gasteiger partial charge in [-0.1, -0.05) is 23.7 Å². The van der Waals surface area contributed by atoms with Gasteiger partial charge in [-0.05, 0) is 38.5 Å². The van der Waals surface area contributed by atoms with E-state index in [1.807, 2.05) is 0 Å². The average Bonchev–Trinajstić information content (AvgIpc) is 2.35. The number of halogens is 1. The van der Waals surface area contributed by atoms with Gasteiger partial charge in [0.05, 0.1) is 18.4 Å². The highest BCUT2D eigenvalue weighted by Crippen LogP contribution is 2.25. The number of carbonyl (C=O) groups excluding carboxylic acids is 3. The maximum Gasteiger partial charge on any atom is 0.227 e. The summed E-state index contributed by atoms with van der Waals surface area (Å²) < 4.78 is 0. The van der Waals surface area contributed by atoms with E-state index in [4.69, 9.17) is 11.6 Å². The van der Waals surface area contributed by atoms with Crippen molar-refractivity contribution in [1.29, 1.82) is 0 Å². The Morgan fingerprint density at radius 2 is 1.70 bits per heavy atom. The fourth-order valence-corrected chi connectivity index (χ4v) is 1.84. The number of carbonyl (C=O) groups is 3. The number of nitrogens with one attached hydrogen (secondary N) is 1. The van der Waals surface area contributed by atoms with Crippen LogP contribution >= 0.6 is 11.6 Å². The molecule has 0 unspecified atom stereocenters. The normalized spacial score (nSPS) is 11.0. The molecule has 0 aliphatic heterocycles. The lowest BCUT2D eigenvalue weighted by Crippen LogP contribution is -2.39. The fourth-order valence-electron chi connectivity index (χ4n) is 1.72. The van der Waals surface area contributed by atoms with Gasteiger partial charge in [-0.25, -0.2) is 0 Å². The van der Waals surface area contributed by atoms with E-state index >= 15 is 0 Å². The molecule has 5 heteroatoms. The molecule has 0 atom stereocenters. The Morgan fingerprint density at radius 1 is 1.15 bits per heavy atom. The molecule has 1 rings (SSSR count). The lowest BCUT2D eigenvalue weighted by Gasteiger charge is -2.24. The van der Waals surface area contributed by atoms with Crippen LogP contribution in [0.3, 0.4) is 0 Å². The van der Waals surface area contributed by atoms with Crippen LogP contribution in [0.2, 0.25) is 5.02 Å². The first-order valence-electron chi connectivity index (χ1n) is 6.29. The number of Topliss-reactive ketones (excluding diaryl/α,β-unsaturated/α-hetero) is 2. The number of benzene rings is 1. The van der Waals surface area contributed by atoms with E-state index < -0.39 is 11.3 Å². The quantitative estimate of drug-likeness (QED) is 0.819. The Hall–Kier alpha value is -1.68. The fraction of sp³-hybridized carbons (Fsp3) is 0.400. The Kier molecular flexibility index (Phi) is 5.45. The summed E-state index contributed by atoms with van der Waals surface area (Å²) in [6.45, 7) is 4.81. The van der Waals surface area contributed by atoms with Crippen molar-refractivity contribution in [2.45, 2.75) is 32.6 Å². The second-order valence-corrected chi connectivity index (χ2v) is 5.65. The van der Waals surface area contributed by atoms with Crippen LogP contribution in [0.1, 0.15) is 32.8 Å². The van der Waals surface area contributed by atoms with E-state index in [2.05, 4.69) is 5.32 Å². The maximum absolute atomic E-state index is 12.2. The maximum atomic E-state index is 12.2. The summed E-state index contributed by atoms with van der Waals surface area (Å²) in [7, 11) is 0. The smallest absolute Gasteiger partial charge is 0.227 e. The second kappa shape index (κ2) is 6.66. The van der Waals surface area contributed by atoms with E-state index in [9.17, 15) is 14.4 Å². The molecule has 0 saturated heterocycles.